The van der Waals surface area contributed by atoms with E-state index in [0.717, 1.165) is 0 Å². The molecule has 0 aliphatic rings. The number of aromatic carboxylic acids is 2. The van der Waals surface area contributed by atoms with E-state index in [-0.39, 0.29) is 34.0 Å². The standard InChI is InChI=1S/C14H12N2O5/c15-7-1-3-11(9(5-7)13(17)18)21-12-4-2-8(16)6-10(12)14(19)20/h1-6H,15-16H2,(H,17,18)(H,19,20). The zero-order valence-corrected chi connectivity index (χ0v) is 10.7. The van der Waals surface area contributed by atoms with Crippen molar-refractivity contribution < 1.29 is 24.5 Å². The molecule has 2 aromatic carbocycles. The van der Waals surface area contributed by atoms with Crippen LogP contribution >= 0.6 is 0 Å². The molecule has 6 N–H and O–H groups in total. The lowest BCUT2D eigenvalue weighted by atomic mass is 10.1. The smallest absolute Gasteiger partial charge is 0.339 e. The monoisotopic (exact) mass is 288 g/mol. The van der Waals surface area contributed by atoms with Crippen LogP contribution in [0, 0.1) is 0 Å². The highest BCUT2D eigenvalue weighted by atomic mass is 16.5. The number of ether oxygens (including phenoxy) is 1. The van der Waals surface area contributed by atoms with E-state index in [1.165, 1.54) is 36.4 Å². The Balaban J connectivity index is 2.48. The highest BCUT2D eigenvalue weighted by Crippen LogP contribution is 2.30. The maximum atomic E-state index is 11.2. The van der Waals surface area contributed by atoms with Crippen LogP contribution in [0.4, 0.5) is 11.4 Å². The molecule has 21 heavy (non-hydrogen) atoms. The van der Waals surface area contributed by atoms with Gasteiger partial charge in [-0.15, -0.1) is 0 Å². The molecular formula is C14H12N2O5. The third-order valence-electron chi connectivity index (χ3n) is 2.69. The van der Waals surface area contributed by atoms with Crippen LogP contribution in [0.15, 0.2) is 36.4 Å². The molecule has 0 radical (unpaired) electrons. The summed E-state index contributed by atoms with van der Waals surface area (Å²) in [7, 11) is 0. The summed E-state index contributed by atoms with van der Waals surface area (Å²) in [4.78, 5) is 22.3. The second-order valence-electron chi connectivity index (χ2n) is 4.22. The first-order chi connectivity index (χ1) is 9.88. The number of hydrogen-bond donors (Lipinski definition) is 4. The fourth-order valence-electron chi connectivity index (χ4n) is 1.73. The van der Waals surface area contributed by atoms with Gasteiger partial charge in [0, 0.05) is 11.4 Å². The fraction of sp³-hybridized carbons (Fsp3) is 0. The number of rotatable bonds is 4. The molecule has 0 unspecified atom stereocenters. The highest BCUT2D eigenvalue weighted by molar-refractivity contribution is 5.94. The van der Waals surface area contributed by atoms with Gasteiger partial charge in [-0.3, -0.25) is 0 Å². The Kier molecular flexibility index (Phi) is 3.66. The fourth-order valence-corrected chi connectivity index (χ4v) is 1.73. The van der Waals surface area contributed by atoms with E-state index in [4.69, 9.17) is 26.4 Å². The van der Waals surface area contributed by atoms with Crippen LogP contribution in [0.3, 0.4) is 0 Å². The summed E-state index contributed by atoms with van der Waals surface area (Å²) in [5.41, 5.74) is 11.2. The van der Waals surface area contributed by atoms with Gasteiger partial charge in [0.15, 0.2) is 0 Å². The number of carboxylic acids is 2. The molecule has 0 heterocycles. The van der Waals surface area contributed by atoms with Gasteiger partial charge in [-0.2, -0.15) is 0 Å². The molecule has 7 heteroatoms. The van der Waals surface area contributed by atoms with Crippen molar-refractivity contribution in [2.24, 2.45) is 0 Å². The summed E-state index contributed by atoms with van der Waals surface area (Å²) in [5.74, 6) is -2.48. The number of nitrogen functional groups attached to an aromatic ring is 2. The molecule has 0 aliphatic heterocycles. The number of carboxylic acid groups (broad SMARTS) is 2. The summed E-state index contributed by atoms with van der Waals surface area (Å²) >= 11 is 0. The Bertz CT molecular complexity index is 666. The zero-order valence-electron chi connectivity index (χ0n) is 10.7. The number of carbonyl (C=O) groups is 2. The molecule has 7 nitrogen and oxygen atoms in total. The maximum absolute atomic E-state index is 11.2. The Morgan fingerprint density at radius 3 is 1.52 bits per heavy atom. The molecule has 0 fully saturated rings. The number of anilines is 2. The van der Waals surface area contributed by atoms with Gasteiger partial charge in [-0.05, 0) is 36.4 Å². The number of benzene rings is 2. The van der Waals surface area contributed by atoms with Gasteiger partial charge in [0.05, 0.1) is 0 Å². The summed E-state index contributed by atoms with van der Waals surface area (Å²) < 4.78 is 5.40. The number of hydrogen-bond acceptors (Lipinski definition) is 5. The second kappa shape index (κ2) is 5.41. The minimum Gasteiger partial charge on any atom is -0.478 e. The van der Waals surface area contributed by atoms with Crippen LogP contribution in [0.2, 0.25) is 0 Å². The first-order valence-electron chi connectivity index (χ1n) is 5.82. The van der Waals surface area contributed by atoms with Crippen molar-refractivity contribution in [2.75, 3.05) is 11.5 Å². The minimum absolute atomic E-state index is 0.0102. The van der Waals surface area contributed by atoms with Crippen LogP contribution in [-0.4, -0.2) is 22.2 Å². The van der Waals surface area contributed by atoms with E-state index < -0.39 is 11.9 Å². The van der Waals surface area contributed by atoms with Crippen LogP contribution in [0.5, 0.6) is 11.5 Å². The van der Waals surface area contributed by atoms with E-state index in [0.29, 0.717) is 0 Å². The topological polar surface area (TPSA) is 136 Å². The molecule has 0 spiro atoms. The van der Waals surface area contributed by atoms with Crippen LogP contribution in [0.1, 0.15) is 20.7 Å². The van der Waals surface area contributed by atoms with Gasteiger partial charge in [0.25, 0.3) is 0 Å². The summed E-state index contributed by atoms with van der Waals surface area (Å²) in [6.07, 6.45) is 0. The van der Waals surface area contributed by atoms with Gasteiger partial charge in [-0.25, -0.2) is 9.59 Å². The maximum Gasteiger partial charge on any atom is 0.339 e. The van der Waals surface area contributed by atoms with Crippen molar-refractivity contribution in [3.05, 3.63) is 47.5 Å². The molecule has 0 amide bonds. The van der Waals surface area contributed by atoms with Crippen LogP contribution in [-0.2, 0) is 0 Å². The van der Waals surface area contributed by atoms with E-state index in [1.807, 2.05) is 0 Å². The average molecular weight is 288 g/mol. The second-order valence-corrected chi connectivity index (χ2v) is 4.22. The highest BCUT2D eigenvalue weighted by Gasteiger charge is 2.17. The third-order valence-corrected chi connectivity index (χ3v) is 2.69. The van der Waals surface area contributed by atoms with Crippen molar-refractivity contribution in [3.63, 3.8) is 0 Å². The molecule has 0 saturated heterocycles. The summed E-state index contributed by atoms with van der Waals surface area (Å²) in [6, 6.07) is 8.10. The summed E-state index contributed by atoms with van der Waals surface area (Å²) in [6.45, 7) is 0. The normalized spacial score (nSPS) is 10.1. The molecule has 0 saturated carbocycles. The first-order valence-corrected chi connectivity index (χ1v) is 5.82. The lowest BCUT2D eigenvalue weighted by Crippen LogP contribution is -2.05. The molecule has 2 aromatic rings. The Morgan fingerprint density at radius 2 is 1.19 bits per heavy atom. The van der Waals surface area contributed by atoms with Crippen molar-refractivity contribution in [1.82, 2.24) is 0 Å². The van der Waals surface area contributed by atoms with E-state index in [2.05, 4.69) is 0 Å². The summed E-state index contributed by atoms with van der Waals surface area (Å²) in [5, 5.41) is 18.2. The van der Waals surface area contributed by atoms with Gasteiger partial charge >= 0.3 is 11.9 Å². The molecule has 0 aromatic heterocycles. The van der Waals surface area contributed by atoms with Crippen molar-refractivity contribution in [1.29, 1.82) is 0 Å². The minimum atomic E-state index is -1.23. The van der Waals surface area contributed by atoms with E-state index >= 15 is 0 Å². The molecule has 0 bridgehead atoms. The molecule has 108 valence electrons. The van der Waals surface area contributed by atoms with Gasteiger partial charge < -0.3 is 26.4 Å². The average Bonchev–Trinajstić information content (AvgIpc) is 2.42. The lowest BCUT2D eigenvalue weighted by molar-refractivity contribution is 0.0687. The quantitative estimate of drug-likeness (QED) is 0.632. The third kappa shape index (κ3) is 3.03. The van der Waals surface area contributed by atoms with Gasteiger partial charge in [0.1, 0.15) is 22.6 Å². The largest absolute Gasteiger partial charge is 0.478 e. The molecule has 0 atom stereocenters. The lowest BCUT2D eigenvalue weighted by Gasteiger charge is -2.12. The van der Waals surface area contributed by atoms with Crippen molar-refractivity contribution in [3.8, 4) is 11.5 Å². The van der Waals surface area contributed by atoms with E-state index in [1.54, 1.807) is 0 Å². The van der Waals surface area contributed by atoms with Gasteiger partial charge in [0.2, 0.25) is 0 Å². The van der Waals surface area contributed by atoms with Crippen molar-refractivity contribution >= 4 is 23.3 Å². The van der Waals surface area contributed by atoms with Crippen LogP contribution < -0.4 is 16.2 Å². The Labute approximate surface area is 119 Å². The SMILES string of the molecule is Nc1ccc(Oc2ccc(N)cc2C(=O)O)c(C(=O)O)c1. The number of nitrogens with two attached hydrogens (primary N) is 2. The van der Waals surface area contributed by atoms with E-state index in [9.17, 15) is 9.59 Å². The Morgan fingerprint density at radius 1 is 0.810 bits per heavy atom. The molecule has 0 aliphatic carbocycles. The predicted molar refractivity (Wildman–Crippen MR) is 75.7 cm³/mol. The zero-order chi connectivity index (χ0) is 15.6. The van der Waals surface area contributed by atoms with Gasteiger partial charge in [-0.1, -0.05) is 0 Å². The van der Waals surface area contributed by atoms with Crippen LogP contribution in [0.25, 0.3) is 0 Å². The first kappa shape index (κ1) is 14.2. The molecular weight excluding hydrogens is 276 g/mol. The Hall–Kier alpha value is -3.22. The predicted octanol–water partition coefficient (Wildman–Crippen LogP) is 2.04. The molecule has 2 rings (SSSR count). The van der Waals surface area contributed by atoms with Crippen molar-refractivity contribution in [2.45, 2.75) is 0 Å².